The number of aromatic nitrogens is 2. The number of nitrogens with zero attached hydrogens (tertiary/aromatic N) is 2. The van der Waals surface area contributed by atoms with Gasteiger partial charge in [0, 0.05) is 6.04 Å². The van der Waals surface area contributed by atoms with Crippen molar-refractivity contribution >= 4 is 0 Å². The smallest absolute Gasteiger partial charge is 0.240 e. The van der Waals surface area contributed by atoms with Crippen molar-refractivity contribution in [1.29, 1.82) is 0 Å². The van der Waals surface area contributed by atoms with Crippen molar-refractivity contribution in [3.63, 3.8) is 0 Å². The second-order valence-electron chi connectivity index (χ2n) is 3.56. The van der Waals surface area contributed by atoms with Gasteiger partial charge in [-0.05, 0) is 6.07 Å². The highest BCUT2D eigenvalue weighted by atomic mass is 16.5. The summed E-state index contributed by atoms with van der Waals surface area (Å²) in [5.41, 5.74) is 0.828. The van der Waals surface area contributed by atoms with Crippen LogP contribution in [-0.4, -0.2) is 16.2 Å². The SMILES string of the molecule is CC(C)NCc1nc(-c2ccoc2)no1. The van der Waals surface area contributed by atoms with Gasteiger partial charge < -0.3 is 14.3 Å². The largest absolute Gasteiger partial charge is 0.472 e. The lowest BCUT2D eigenvalue weighted by molar-refractivity contribution is 0.362. The first-order valence-electron chi connectivity index (χ1n) is 4.84. The van der Waals surface area contributed by atoms with Crippen molar-refractivity contribution in [2.24, 2.45) is 0 Å². The van der Waals surface area contributed by atoms with Crippen LogP contribution >= 0.6 is 0 Å². The van der Waals surface area contributed by atoms with E-state index in [9.17, 15) is 0 Å². The van der Waals surface area contributed by atoms with Crippen LogP contribution in [0.1, 0.15) is 19.7 Å². The zero-order chi connectivity index (χ0) is 10.7. The van der Waals surface area contributed by atoms with Crippen molar-refractivity contribution in [2.45, 2.75) is 26.4 Å². The van der Waals surface area contributed by atoms with E-state index in [0.29, 0.717) is 24.3 Å². The minimum atomic E-state index is 0.397. The van der Waals surface area contributed by atoms with Crippen LogP contribution in [-0.2, 0) is 6.54 Å². The molecule has 0 radical (unpaired) electrons. The third kappa shape index (κ3) is 2.44. The van der Waals surface area contributed by atoms with Gasteiger partial charge in [-0.15, -0.1) is 0 Å². The molecule has 0 unspecified atom stereocenters. The second kappa shape index (κ2) is 4.27. The quantitative estimate of drug-likeness (QED) is 0.828. The number of hydrogen-bond acceptors (Lipinski definition) is 5. The van der Waals surface area contributed by atoms with Gasteiger partial charge in [-0.25, -0.2) is 0 Å². The molecule has 0 amide bonds. The first-order chi connectivity index (χ1) is 7.25. The number of nitrogens with one attached hydrogen (secondary N) is 1. The summed E-state index contributed by atoms with van der Waals surface area (Å²) in [6, 6.07) is 2.19. The van der Waals surface area contributed by atoms with E-state index in [-0.39, 0.29) is 0 Å². The molecule has 2 rings (SSSR count). The predicted octanol–water partition coefficient (Wildman–Crippen LogP) is 1.83. The maximum atomic E-state index is 5.07. The Labute approximate surface area is 87.5 Å². The van der Waals surface area contributed by atoms with Gasteiger partial charge in [0.05, 0.1) is 18.4 Å². The molecule has 0 saturated carbocycles. The Morgan fingerprint density at radius 2 is 2.33 bits per heavy atom. The van der Waals surface area contributed by atoms with Crippen LogP contribution in [0.3, 0.4) is 0 Å². The number of hydrogen-bond donors (Lipinski definition) is 1. The Hall–Kier alpha value is -1.62. The van der Waals surface area contributed by atoms with Gasteiger partial charge in [-0.2, -0.15) is 4.98 Å². The summed E-state index contributed by atoms with van der Waals surface area (Å²) in [6.07, 6.45) is 3.17. The van der Waals surface area contributed by atoms with E-state index < -0.39 is 0 Å². The van der Waals surface area contributed by atoms with E-state index in [2.05, 4.69) is 29.3 Å². The Balaban J connectivity index is 2.04. The molecule has 0 bridgehead atoms. The molecule has 2 aromatic heterocycles. The molecule has 0 aliphatic heterocycles. The molecule has 80 valence electrons. The molecule has 0 atom stereocenters. The molecular formula is C10H13N3O2. The fourth-order valence-electron chi connectivity index (χ4n) is 1.13. The molecule has 0 aliphatic rings. The Kier molecular flexibility index (Phi) is 2.82. The normalized spacial score (nSPS) is 11.1. The Bertz CT molecular complexity index is 406. The Morgan fingerprint density at radius 1 is 1.47 bits per heavy atom. The minimum absolute atomic E-state index is 0.397. The topological polar surface area (TPSA) is 64.1 Å². The van der Waals surface area contributed by atoms with Gasteiger partial charge in [-0.3, -0.25) is 0 Å². The Morgan fingerprint density at radius 3 is 3.00 bits per heavy atom. The molecule has 15 heavy (non-hydrogen) atoms. The van der Waals surface area contributed by atoms with Crippen molar-refractivity contribution in [2.75, 3.05) is 0 Å². The molecule has 0 fully saturated rings. The standard InChI is InChI=1S/C10H13N3O2/c1-7(2)11-5-9-12-10(13-15-9)8-3-4-14-6-8/h3-4,6-7,11H,5H2,1-2H3. The molecule has 0 aromatic carbocycles. The van der Waals surface area contributed by atoms with Crippen molar-refractivity contribution in [3.05, 3.63) is 24.5 Å². The van der Waals surface area contributed by atoms with Crippen LogP contribution < -0.4 is 5.32 Å². The van der Waals surface area contributed by atoms with Crippen LogP contribution in [0.25, 0.3) is 11.4 Å². The fraction of sp³-hybridized carbons (Fsp3) is 0.400. The van der Waals surface area contributed by atoms with Gasteiger partial charge in [-0.1, -0.05) is 19.0 Å². The van der Waals surface area contributed by atoms with Crippen molar-refractivity contribution < 1.29 is 8.94 Å². The van der Waals surface area contributed by atoms with Crippen molar-refractivity contribution in [3.8, 4) is 11.4 Å². The van der Waals surface area contributed by atoms with Crippen LogP contribution in [0.5, 0.6) is 0 Å². The minimum Gasteiger partial charge on any atom is -0.472 e. The molecule has 5 nitrogen and oxygen atoms in total. The third-order valence-electron chi connectivity index (χ3n) is 1.91. The molecule has 1 N–H and O–H groups in total. The lowest BCUT2D eigenvalue weighted by Gasteiger charge is -2.02. The van der Waals surface area contributed by atoms with Gasteiger partial charge in [0.1, 0.15) is 6.26 Å². The molecule has 2 aromatic rings. The van der Waals surface area contributed by atoms with Crippen LogP contribution in [0.2, 0.25) is 0 Å². The maximum Gasteiger partial charge on any atom is 0.240 e. The summed E-state index contributed by atoms with van der Waals surface area (Å²) in [5.74, 6) is 1.14. The zero-order valence-corrected chi connectivity index (χ0v) is 8.73. The highest BCUT2D eigenvalue weighted by Gasteiger charge is 2.09. The summed E-state index contributed by atoms with van der Waals surface area (Å²) in [7, 11) is 0. The van der Waals surface area contributed by atoms with Crippen LogP contribution in [0, 0.1) is 0 Å². The molecule has 0 spiro atoms. The average molecular weight is 207 g/mol. The molecule has 0 saturated heterocycles. The van der Waals surface area contributed by atoms with Crippen molar-refractivity contribution in [1.82, 2.24) is 15.5 Å². The van der Waals surface area contributed by atoms with E-state index >= 15 is 0 Å². The summed E-state index contributed by atoms with van der Waals surface area (Å²) in [4.78, 5) is 4.22. The highest BCUT2D eigenvalue weighted by Crippen LogP contribution is 2.15. The summed E-state index contributed by atoms with van der Waals surface area (Å²) in [6.45, 7) is 4.71. The van der Waals surface area contributed by atoms with E-state index in [4.69, 9.17) is 8.94 Å². The zero-order valence-electron chi connectivity index (χ0n) is 8.73. The summed E-state index contributed by atoms with van der Waals surface area (Å²) in [5, 5.41) is 7.05. The lowest BCUT2D eigenvalue weighted by atomic mass is 10.3. The second-order valence-corrected chi connectivity index (χ2v) is 3.56. The predicted molar refractivity (Wildman–Crippen MR) is 54.0 cm³/mol. The summed E-state index contributed by atoms with van der Waals surface area (Å²) >= 11 is 0. The van der Waals surface area contributed by atoms with Crippen LogP contribution in [0.4, 0.5) is 0 Å². The lowest BCUT2D eigenvalue weighted by Crippen LogP contribution is -2.21. The first kappa shape index (κ1) is 9.92. The van der Waals surface area contributed by atoms with Crippen LogP contribution in [0.15, 0.2) is 27.5 Å². The van der Waals surface area contributed by atoms with Gasteiger partial charge in [0.2, 0.25) is 11.7 Å². The first-order valence-corrected chi connectivity index (χ1v) is 4.84. The highest BCUT2D eigenvalue weighted by molar-refractivity contribution is 5.51. The monoisotopic (exact) mass is 207 g/mol. The number of furan rings is 1. The van der Waals surface area contributed by atoms with E-state index in [1.165, 1.54) is 0 Å². The molecule has 5 heteroatoms. The molecule has 0 aliphatic carbocycles. The van der Waals surface area contributed by atoms with Gasteiger partial charge in [0.15, 0.2) is 0 Å². The van der Waals surface area contributed by atoms with Gasteiger partial charge >= 0.3 is 0 Å². The average Bonchev–Trinajstić information content (AvgIpc) is 2.85. The summed E-state index contributed by atoms with van der Waals surface area (Å²) < 4.78 is 10.0. The van der Waals surface area contributed by atoms with Gasteiger partial charge in [0.25, 0.3) is 0 Å². The molecular weight excluding hydrogens is 194 g/mol. The van der Waals surface area contributed by atoms with E-state index in [1.54, 1.807) is 18.6 Å². The maximum absolute atomic E-state index is 5.07. The third-order valence-corrected chi connectivity index (χ3v) is 1.91. The number of rotatable bonds is 4. The van der Waals surface area contributed by atoms with E-state index in [1.807, 2.05) is 0 Å². The van der Waals surface area contributed by atoms with E-state index in [0.717, 1.165) is 5.56 Å². The molecule has 2 heterocycles. The fourth-order valence-corrected chi connectivity index (χ4v) is 1.13.